The molecular formula is C19H30N2O. The first-order valence-electron chi connectivity index (χ1n) is 8.85. The number of ether oxygens (including phenoxy) is 1. The highest BCUT2D eigenvalue weighted by molar-refractivity contribution is 5.27. The molecule has 0 amide bonds. The molecule has 3 heteroatoms. The molecule has 22 heavy (non-hydrogen) atoms. The summed E-state index contributed by atoms with van der Waals surface area (Å²) in [6.45, 7) is 8.41. The second kappa shape index (κ2) is 7.47. The molecule has 0 aromatic heterocycles. The molecule has 122 valence electrons. The molecule has 1 aliphatic carbocycles. The zero-order chi connectivity index (χ0) is 15.4. The van der Waals surface area contributed by atoms with Crippen LogP contribution in [0.1, 0.15) is 38.2 Å². The van der Waals surface area contributed by atoms with Gasteiger partial charge < -0.3 is 4.74 Å². The Hall–Kier alpha value is -1.06. The van der Waals surface area contributed by atoms with Crippen molar-refractivity contribution in [3.05, 3.63) is 29.8 Å². The summed E-state index contributed by atoms with van der Waals surface area (Å²) in [5.74, 6) is 1.83. The molecule has 2 fully saturated rings. The normalized spacial score (nSPS) is 27.7. The lowest BCUT2D eigenvalue weighted by Gasteiger charge is -2.43. The average Bonchev–Trinajstić information content (AvgIpc) is 2.57. The molecule has 1 aromatic carbocycles. The molecular weight excluding hydrogens is 272 g/mol. The SMILES string of the molecule is COc1ccc(CN2CCN(C3CCCCC3C)CC2)cc1. The molecule has 3 rings (SSSR count). The van der Waals surface area contributed by atoms with Crippen molar-refractivity contribution in [1.82, 2.24) is 9.80 Å². The van der Waals surface area contributed by atoms with Crippen LogP contribution < -0.4 is 4.74 Å². The predicted molar refractivity (Wildman–Crippen MR) is 91.3 cm³/mol. The monoisotopic (exact) mass is 302 g/mol. The van der Waals surface area contributed by atoms with Crippen LogP contribution in [0.25, 0.3) is 0 Å². The van der Waals surface area contributed by atoms with Gasteiger partial charge in [0.2, 0.25) is 0 Å². The lowest BCUT2D eigenvalue weighted by Crippen LogP contribution is -2.52. The summed E-state index contributed by atoms with van der Waals surface area (Å²) >= 11 is 0. The number of piperazine rings is 1. The van der Waals surface area contributed by atoms with Crippen molar-refractivity contribution in [2.75, 3.05) is 33.3 Å². The van der Waals surface area contributed by atoms with Crippen LogP contribution in [-0.4, -0.2) is 49.1 Å². The third-order valence-corrected chi connectivity index (χ3v) is 5.51. The van der Waals surface area contributed by atoms with Gasteiger partial charge in [-0.05, 0) is 36.5 Å². The van der Waals surface area contributed by atoms with Crippen LogP contribution in [0.4, 0.5) is 0 Å². The molecule has 0 spiro atoms. The highest BCUT2D eigenvalue weighted by Gasteiger charge is 2.29. The third-order valence-electron chi connectivity index (χ3n) is 5.51. The van der Waals surface area contributed by atoms with Crippen molar-refractivity contribution in [3.8, 4) is 5.75 Å². The summed E-state index contributed by atoms with van der Waals surface area (Å²) in [6.07, 6.45) is 5.71. The molecule has 2 aliphatic rings. The topological polar surface area (TPSA) is 15.7 Å². The Morgan fingerprint density at radius 3 is 2.32 bits per heavy atom. The number of rotatable bonds is 4. The van der Waals surface area contributed by atoms with E-state index in [-0.39, 0.29) is 0 Å². The number of methoxy groups -OCH3 is 1. The number of nitrogens with zero attached hydrogens (tertiary/aromatic N) is 2. The van der Waals surface area contributed by atoms with E-state index in [1.54, 1.807) is 7.11 Å². The fourth-order valence-corrected chi connectivity index (χ4v) is 4.08. The zero-order valence-corrected chi connectivity index (χ0v) is 14.1. The van der Waals surface area contributed by atoms with E-state index < -0.39 is 0 Å². The average molecular weight is 302 g/mol. The van der Waals surface area contributed by atoms with E-state index in [1.807, 2.05) is 0 Å². The fraction of sp³-hybridized carbons (Fsp3) is 0.684. The molecule has 1 saturated heterocycles. The Morgan fingerprint density at radius 1 is 1.00 bits per heavy atom. The Morgan fingerprint density at radius 2 is 1.68 bits per heavy atom. The van der Waals surface area contributed by atoms with Crippen LogP contribution in [0.2, 0.25) is 0 Å². The Kier molecular flexibility index (Phi) is 5.37. The van der Waals surface area contributed by atoms with E-state index in [4.69, 9.17) is 4.74 Å². The molecule has 2 unspecified atom stereocenters. The Bertz CT molecular complexity index is 451. The van der Waals surface area contributed by atoms with Crippen LogP contribution >= 0.6 is 0 Å². The van der Waals surface area contributed by atoms with Gasteiger partial charge in [-0.2, -0.15) is 0 Å². The van der Waals surface area contributed by atoms with Crippen LogP contribution in [0.15, 0.2) is 24.3 Å². The maximum atomic E-state index is 5.23. The summed E-state index contributed by atoms with van der Waals surface area (Å²) in [4.78, 5) is 5.35. The maximum Gasteiger partial charge on any atom is 0.118 e. The van der Waals surface area contributed by atoms with Gasteiger partial charge >= 0.3 is 0 Å². The molecule has 0 bridgehead atoms. The molecule has 1 heterocycles. The molecule has 0 radical (unpaired) electrons. The van der Waals surface area contributed by atoms with Crippen LogP contribution in [0.3, 0.4) is 0 Å². The molecule has 1 aliphatic heterocycles. The summed E-state index contributed by atoms with van der Waals surface area (Å²) in [6, 6.07) is 9.35. The minimum Gasteiger partial charge on any atom is -0.497 e. The van der Waals surface area contributed by atoms with E-state index in [1.165, 1.54) is 57.4 Å². The van der Waals surface area contributed by atoms with Gasteiger partial charge in [0.1, 0.15) is 5.75 Å². The summed E-state index contributed by atoms with van der Waals surface area (Å²) < 4.78 is 5.23. The first kappa shape index (κ1) is 15.8. The highest BCUT2D eigenvalue weighted by atomic mass is 16.5. The van der Waals surface area contributed by atoms with Crippen molar-refractivity contribution >= 4 is 0 Å². The lowest BCUT2D eigenvalue weighted by molar-refractivity contribution is 0.0518. The van der Waals surface area contributed by atoms with Gasteiger partial charge in [0.25, 0.3) is 0 Å². The van der Waals surface area contributed by atoms with Crippen molar-refractivity contribution in [2.45, 2.75) is 45.2 Å². The van der Waals surface area contributed by atoms with E-state index >= 15 is 0 Å². The standard InChI is InChI=1S/C19H30N2O/c1-16-5-3-4-6-19(16)21-13-11-20(12-14-21)15-17-7-9-18(22-2)10-8-17/h7-10,16,19H,3-6,11-15H2,1-2H3. The van der Waals surface area contributed by atoms with Gasteiger partial charge in [-0.25, -0.2) is 0 Å². The third kappa shape index (κ3) is 3.82. The minimum atomic E-state index is 0.844. The van der Waals surface area contributed by atoms with Gasteiger partial charge in [0.05, 0.1) is 7.11 Å². The molecule has 1 aromatic rings. The molecule has 0 N–H and O–H groups in total. The van der Waals surface area contributed by atoms with Gasteiger partial charge in [0.15, 0.2) is 0 Å². The van der Waals surface area contributed by atoms with Crippen molar-refractivity contribution in [2.24, 2.45) is 5.92 Å². The van der Waals surface area contributed by atoms with Crippen LogP contribution in [0.5, 0.6) is 5.75 Å². The molecule has 3 nitrogen and oxygen atoms in total. The van der Waals surface area contributed by atoms with Crippen LogP contribution in [0, 0.1) is 5.92 Å². The fourth-order valence-electron chi connectivity index (χ4n) is 4.08. The first-order valence-corrected chi connectivity index (χ1v) is 8.85. The lowest BCUT2D eigenvalue weighted by atomic mass is 9.84. The number of benzene rings is 1. The van der Waals surface area contributed by atoms with Crippen LogP contribution in [-0.2, 0) is 6.54 Å². The first-order chi connectivity index (χ1) is 10.8. The smallest absolute Gasteiger partial charge is 0.118 e. The summed E-state index contributed by atoms with van der Waals surface area (Å²) in [7, 11) is 1.72. The minimum absolute atomic E-state index is 0.844. The van der Waals surface area contributed by atoms with Crippen molar-refractivity contribution < 1.29 is 4.74 Å². The highest BCUT2D eigenvalue weighted by Crippen LogP contribution is 2.28. The maximum absolute atomic E-state index is 5.23. The Balaban J connectivity index is 1.48. The van der Waals surface area contributed by atoms with Crippen molar-refractivity contribution in [3.63, 3.8) is 0 Å². The van der Waals surface area contributed by atoms with E-state index in [0.29, 0.717) is 0 Å². The largest absolute Gasteiger partial charge is 0.497 e. The quantitative estimate of drug-likeness (QED) is 0.848. The van der Waals surface area contributed by atoms with E-state index in [2.05, 4.69) is 41.0 Å². The van der Waals surface area contributed by atoms with Gasteiger partial charge in [0, 0.05) is 38.8 Å². The van der Waals surface area contributed by atoms with Gasteiger partial charge in [-0.15, -0.1) is 0 Å². The van der Waals surface area contributed by atoms with E-state index in [0.717, 1.165) is 24.3 Å². The summed E-state index contributed by atoms with van der Waals surface area (Å²) in [5, 5.41) is 0. The molecule has 2 atom stereocenters. The number of hydrogen-bond acceptors (Lipinski definition) is 3. The van der Waals surface area contributed by atoms with Gasteiger partial charge in [-0.3, -0.25) is 9.80 Å². The van der Waals surface area contributed by atoms with Gasteiger partial charge in [-0.1, -0.05) is 31.9 Å². The predicted octanol–water partition coefficient (Wildman–Crippen LogP) is 3.39. The molecule has 1 saturated carbocycles. The second-order valence-electron chi connectivity index (χ2n) is 6.99. The van der Waals surface area contributed by atoms with Crippen molar-refractivity contribution in [1.29, 1.82) is 0 Å². The van der Waals surface area contributed by atoms with E-state index in [9.17, 15) is 0 Å². The zero-order valence-electron chi connectivity index (χ0n) is 14.1. The number of hydrogen-bond donors (Lipinski definition) is 0. The second-order valence-corrected chi connectivity index (χ2v) is 6.99. The summed E-state index contributed by atoms with van der Waals surface area (Å²) in [5.41, 5.74) is 1.39. The Labute approximate surface area is 135 Å².